The Morgan fingerprint density at radius 3 is 2.03 bits per heavy atom. The van der Waals surface area contributed by atoms with Crippen molar-refractivity contribution in [2.75, 3.05) is 19.6 Å². The van der Waals surface area contributed by atoms with E-state index in [4.69, 9.17) is 4.74 Å². The number of amides is 2. The highest BCUT2D eigenvalue weighted by Gasteiger charge is 2.53. The van der Waals surface area contributed by atoms with Gasteiger partial charge in [-0.2, -0.15) is 0 Å². The van der Waals surface area contributed by atoms with E-state index in [1.807, 2.05) is 25.7 Å². The van der Waals surface area contributed by atoms with Crippen LogP contribution < -0.4 is 0 Å². The Balaban J connectivity index is 1.85. The zero-order valence-corrected chi connectivity index (χ0v) is 22.6. The molecule has 1 unspecified atom stereocenters. The van der Waals surface area contributed by atoms with Crippen molar-refractivity contribution in [1.29, 1.82) is 0 Å². The summed E-state index contributed by atoms with van der Waals surface area (Å²) in [6.07, 6.45) is 13.2. The van der Waals surface area contributed by atoms with Crippen LogP contribution in [0, 0.1) is 0 Å². The maximum Gasteiger partial charge on any atom is 0.410 e. The fourth-order valence-electron chi connectivity index (χ4n) is 4.87. The van der Waals surface area contributed by atoms with Gasteiger partial charge in [-0.05, 0) is 40.0 Å². The molecule has 8 heteroatoms. The minimum absolute atomic E-state index is 0.0472. The minimum Gasteiger partial charge on any atom is -0.481 e. The largest absolute Gasteiger partial charge is 0.481 e. The smallest absolute Gasteiger partial charge is 0.410 e. The topological polar surface area (TPSA) is 87.2 Å². The number of hydrogen-bond donors (Lipinski definition) is 1. The molecule has 34 heavy (non-hydrogen) atoms. The second-order valence-electron chi connectivity index (χ2n) is 10.8. The van der Waals surface area contributed by atoms with Crippen LogP contribution in [0.15, 0.2) is 0 Å². The molecule has 2 saturated heterocycles. The maximum atomic E-state index is 13.1. The molecule has 0 aromatic rings. The molecule has 0 radical (unpaired) electrons. The lowest BCUT2D eigenvalue weighted by atomic mass is 10.0. The lowest BCUT2D eigenvalue weighted by Crippen LogP contribution is -2.53. The number of unbranched alkanes of at least 4 members (excludes halogenated alkanes) is 9. The molecule has 2 aliphatic rings. The number of likely N-dealkylation sites (tertiary alicyclic amines) is 1. The van der Waals surface area contributed by atoms with Crippen molar-refractivity contribution in [3.8, 4) is 0 Å². The highest BCUT2D eigenvalue weighted by molar-refractivity contribution is 8.02. The van der Waals surface area contributed by atoms with E-state index in [9.17, 15) is 19.5 Å². The third-order valence-electron chi connectivity index (χ3n) is 6.69. The van der Waals surface area contributed by atoms with Crippen LogP contribution in [0.2, 0.25) is 0 Å². The van der Waals surface area contributed by atoms with Gasteiger partial charge in [-0.1, -0.05) is 64.7 Å². The van der Waals surface area contributed by atoms with Crippen molar-refractivity contribution in [3.63, 3.8) is 0 Å². The third-order valence-corrected chi connectivity index (χ3v) is 8.41. The molecule has 1 atom stereocenters. The first-order chi connectivity index (χ1) is 16.1. The van der Waals surface area contributed by atoms with Gasteiger partial charge in [0.2, 0.25) is 5.91 Å². The summed E-state index contributed by atoms with van der Waals surface area (Å²) in [6.45, 7) is 9.51. The molecule has 196 valence electrons. The Bertz CT molecular complexity index is 671. The van der Waals surface area contributed by atoms with Crippen LogP contribution >= 0.6 is 11.8 Å². The van der Waals surface area contributed by atoms with Gasteiger partial charge in [-0.25, -0.2) is 4.79 Å². The summed E-state index contributed by atoms with van der Waals surface area (Å²) in [5.74, 6) is -0.984. The van der Waals surface area contributed by atoms with Crippen LogP contribution in [-0.4, -0.2) is 68.2 Å². The van der Waals surface area contributed by atoms with Gasteiger partial charge in [0.05, 0.1) is 16.5 Å². The molecular formula is C26H46N2O5S. The lowest BCUT2D eigenvalue weighted by Gasteiger charge is -2.44. The van der Waals surface area contributed by atoms with Gasteiger partial charge in [0.15, 0.2) is 0 Å². The Kier molecular flexibility index (Phi) is 11.5. The first kappa shape index (κ1) is 28.8. The van der Waals surface area contributed by atoms with Crippen molar-refractivity contribution in [3.05, 3.63) is 0 Å². The summed E-state index contributed by atoms with van der Waals surface area (Å²) in [7, 11) is 0. The molecule has 0 saturated carbocycles. The van der Waals surface area contributed by atoms with Crippen LogP contribution in [0.25, 0.3) is 0 Å². The Morgan fingerprint density at radius 1 is 1.00 bits per heavy atom. The van der Waals surface area contributed by atoms with Crippen molar-refractivity contribution in [1.82, 2.24) is 9.80 Å². The van der Waals surface area contributed by atoms with E-state index in [0.29, 0.717) is 32.5 Å². The number of hydrogen-bond acceptors (Lipinski definition) is 5. The van der Waals surface area contributed by atoms with Crippen LogP contribution in [0.3, 0.4) is 0 Å². The van der Waals surface area contributed by atoms with Gasteiger partial charge in [0, 0.05) is 19.6 Å². The average molecular weight is 499 g/mol. The molecule has 0 aromatic heterocycles. The summed E-state index contributed by atoms with van der Waals surface area (Å²) in [4.78, 5) is 40.2. The molecule has 2 fully saturated rings. The Labute approximate surface area is 210 Å². The third kappa shape index (κ3) is 8.97. The SMILES string of the molecule is CCCCCCCCCCCCN1C(=O)C(CC(=O)O)SC12CCN(C(=O)OC(C)(C)C)CC2. The molecule has 0 bridgehead atoms. The Hall–Kier alpha value is -1.44. The number of carbonyl (C=O) groups is 3. The fourth-order valence-corrected chi connectivity index (χ4v) is 6.58. The molecule has 1 N–H and O–H groups in total. The summed E-state index contributed by atoms with van der Waals surface area (Å²) in [5.41, 5.74) is -0.543. The van der Waals surface area contributed by atoms with Crippen molar-refractivity contribution in [2.24, 2.45) is 0 Å². The maximum absolute atomic E-state index is 13.1. The van der Waals surface area contributed by atoms with Crippen molar-refractivity contribution < 1.29 is 24.2 Å². The number of carbonyl (C=O) groups excluding carboxylic acids is 2. The monoisotopic (exact) mass is 498 g/mol. The van der Waals surface area contributed by atoms with Crippen LogP contribution in [0.1, 0.15) is 111 Å². The number of thioether (sulfide) groups is 1. The van der Waals surface area contributed by atoms with Crippen LogP contribution in [0.5, 0.6) is 0 Å². The number of carboxylic acids is 1. The van der Waals surface area contributed by atoms with E-state index in [2.05, 4.69) is 6.92 Å². The molecule has 2 rings (SSSR count). The average Bonchev–Trinajstić information content (AvgIpc) is 2.98. The second kappa shape index (κ2) is 13.6. The fraction of sp³-hybridized carbons (Fsp3) is 0.885. The molecule has 7 nitrogen and oxygen atoms in total. The number of piperidine rings is 1. The number of ether oxygens (including phenoxy) is 1. The summed E-state index contributed by atoms with van der Waals surface area (Å²) in [5, 5.41) is 8.77. The molecular weight excluding hydrogens is 452 g/mol. The lowest BCUT2D eigenvalue weighted by molar-refractivity contribution is -0.141. The summed E-state index contributed by atoms with van der Waals surface area (Å²) >= 11 is 1.50. The summed E-state index contributed by atoms with van der Waals surface area (Å²) < 4.78 is 5.51. The predicted molar refractivity (Wildman–Crippen MR) is 137 cm³/mol. The number of rotatable bonds is 13. The van der Waals surface area contributed by atoms with Crippen LogP contribution in [-0.2, 0) is 14.3 Å². The van der Waals surface area contributed by atoms with Gasteiger partial charge in [0.25, 0.3) is 0 Å². The quantitative estimate of drug-likeness (QED) is 0.311. The van der Waals surface area contributed by atoms with Gasteiger partial charge in [-0.3, -0.25) is 9.59 Å². The minimum atomic E-state index is -0.937. The van der Waals surface area contributed by atoms with Crippen LogP contribution in [0.4, 0.5) is 4.79 Å². The highest BCUT2D eigenvalue weighted by atomic mass is 32.2. The van der Waals surface area contributed by atoms with E-state index < -0.39 is 21.7 Å². The number of carboxylic acid groups (broad SMARTS) is 1. The Morgan fingerprint density at radius 2 is 1.53 bits per heavy atom. The van der Waals surface area contributed by atoms with Gasteiger partial charge >= 0.3 is 12.1 Å². The predicted octanol–water partition coefficient (Wildman–Crippen LogP) is 6.05. The zero-order valence-electron chi connectivity index (χ0n) is 21.8. The molecule has 1 spiro atoms. The van der Waals surface area contributed by atoms with E-state index in [0.717, 1.165) is 12.8 Å². The normalized spacial score (nSPS) is 20.2. The number of aliphatic carboxylic acids is 1. The van der Waals surface area contributed by atoms with Crippen molar-refractivity contribution in [2.45, 2.75) is 127 Å². The van der Waals surface area contributed by atoms with Gasteiger partial charge in [0.1, 0.15) is 5.60 Å². The van der Waals surface area contributed by atoms with E-state index in [-0.39, 0.29) is 18.4 Å². The van der Waals surface area contributed by atoms with Gasteiger partial charge < -0.3 is 19.6 Å². The first-order valence-electron chi connectivity index (χ1n) is 13.3. The molecule has 2 aliphatic heterocycles. The van der Waals surface area contributed by atoms with E-state index >= 15 is 0 Å². The van der Waals surface area contributed by atoms with E-state index in [1.54, 1.807) is 4.90 Å². The summed E-state index contributed by atoms with van der Waals surface area (Å²) in [6, 6.07) is 0. The molecule has 0 aliphatic carbocycles. The van der Waals surface area contributed by atoms with E-state index in [1.165, 1.54) is 63.1 Å². The first-order valence-corrected chi connectivity index (χ1v) is 14.1. The standard InChI is InChI=1S/C26H46N2O5S/c1-5-6-7-8-9-10-11-12-13-14-17-28-23(31)21(20-22(29)30)34-26(28)15-18-27(19-16-26)24(32)33-25(2,3)4/h21H,5-20H2,1-4H3,(H,29,30). The molecule has 2 amide bonds. The molecule has 2 heterocycles. The number of nitrogens with zero attached hydrogens (tertiary/aromatic N) is 2. The van der Waals surface area contributed by atoms with Gasteiger partial charge in [-0.15, -0.1) is 11.8 Å². The van der Waals surface area contributed by atoms with Crippen molar-refractivity contribution >= 4 is 29.7 Å². The molecule has 0 aromatic carbocycles. The second-order valence-corrected chi connectivity index (χ2v) is 12.4. The zero-order chi connectivity index (χ0) is 25.2. The highest BCUT2D eigenvalue weighted by Crippen LogP contribution is 2.49.